The van der Waals surface area contributed by atoms with Gasteiger partial charge in [-0.25, -0.2) is 4.98 Å². The minimum absolute atomic E-state index is 0.480. The third kappa shape index (κ3) is 2.39. The molecule has 0 bridgehead atoms. The number of ether oxygens (including phenoxy) is 1. The fourth-order valence-corrected chi connectivity index (χ4v) is 1.57. The summed E-state index contributed by atoms with van der Waals surface area (Å²) in [4.78, 5) is 8.41. The Morgan fingerprint density at radius 1 is 1.44 bits per heavy atom. The van der Waals surface area contributed by atoms with Gasteiger partial charge < -0.3 is 9.30 Å². The fraction of sp³-hybridized carbons (Fsp3) is 0.333. The number of hydrogen-bond donors (Lipinski definition) is 0. The summed E-state index contributed by atoms with van der Waals surface area (Å²) < 4.78 is 7.69. The first-order valence-corrected chi connectivity index (χ1v) is 5.35. The maximum Gasteiger partial charge on any atom is 0.147 e. The van der Waals surface area contributed by atoms with Gasteiger partial charge in [-0.3, -0.25) is 4.98 Å². The van der Waals surface area contributed by atoms with Crippen molar-refractivity contribution in [2.24, 2.45) is 0 Å². The van der Waals surface area contributed by atoms with E-state index in [0.29, 0.717) is 6.61 Å². The molecule has 16 heavy (non-hydrogen) atoms. The zero-order valence-electron chi connectivity index (χ0n) is 9.55. The monoisotopic (exact) mass is 217 g/mol. The fourth-order valence-electron chi connectivity index (χ4n) is 1.57. The van der Waals surface area contributed by atoms with Crippen molar-refractivity contribution in [2.75, 3.05) is 0 Å². The smallest absolute Gasteiger partial charge is 0.147 e. The number of nitrogens with zero attached hydrogens (tertiary/aromatic N) is 3. The van der Waals surface area contributed by atoms with Crippen molar-refractivity contribution in [3.05, 3.63) is 42.2 Å². The number of aryl methyl sites for hydroxylation is 2. The topological polar surface area (TPSA) is 39.9 Å². The molecule has 0 aliphatic carbocycles. The lowest BCUT2D eigenvalue weighted by Gasteiger charge is -2.06. The largest absolute Gasteiger partial charge is 0.484 e. The molecule has 0 aliphatic heterocycles. The van der Waals surface area contributed by atoms with Crippen molar-refractivity contribution >= 4 is 0 Å². The van der Waals surface area contributed by atoms with E-state index in [1.54, 1.807) is 12.4 Å². The van der Waals surface area contributed by atoms with Crippen molar-refractivity contribution in [3.8, 4) is 5.75 Å². The van der Waals surface area contributed by atoms with E-state index in [2.05, 4.69) is 21.5 Å². The average molecular weight is 217 g/mol. The zero-order valence-corrected chi connectivity index (χ0v) is 9.55. The molecule has 0 atom stereocenters. The Hall–Kier alpha value is -1.84. The van der Waals surface area contributed by atoms with E-state index in [4.69, 9.17) is 4.74 Å². The predicted molar refractivity (Wildman–Crippen MR) is 61.2 cm³/mol. The Kier molecular flexibility index (Phi) is 3.19. The second-order valence-electron chi connectivity index (χ2n) is 3.56. The Labute approximate surface area is 94.9 Å². The predicted octanol–water partition coefficient (Wildman–Crippen LogP) is 2.19. The van der Waals surface area contributed by atoms with E-state index >= 15 is 0 Å². The van der Waals surface area contributed by atoms with Gasteiger partial charge in [-0.15, -0.1) is 0 Å². The molecule has 0 radical (unpaired) electrons. The van der Waals surface area contributed by atoms with Crippen LogP contribution in [0.4, 0.5) is 0 Å². The van der Waals surface area contributed by atoms with Crippen molar-refractivity contribution in [2.45, 2.75) is 27.0 Å². The molecule has 0 unspecified atom stereocenters. The molecule has 4 heteroatoms. The molecule has 2 rings (SSSR count). The molecule has 0 amide bonds. The van der Waals surface area contributed by atoms with E-state index in [1.807, 2.05) is 25.3 Å². The van der Waals surface area contributed by atoms with Gasteiger partial charge in [0.15, 0.2) is 0 Å². The number of hydrogen-bond acceptors (Lipinski definition) is 3. The quantitative estimate of drug-likeness (QED) is 0.788. The molecule has 0 aliphatic rings. The molecular formula is C12H15N3O. The van der Waals surface area contributed by atoms with Gasteiger partial charge in [-0.2, -0.15) is 0 Å². The molecule has 2 aromatic heterocycles. The van der Waals surface area contributed by atoms with Gasteiger partial charge in [-0.05, 0) is 26.0 Å². The standard InChI is InChI=1S/C12H15N3O/c1-3-15-8-10(2)14-12(15)9-16-11-5-4-6-13-7-11/h4-8H,3,9H2,1-2H3. The summed E-state index contributed by atoms with van der Waals surface area (Å²) in [5.74, 6) is 1.72. The summed E-state index contributed by atoms with van der Waals surface area (Å²) in [5, 5.41) is 0. The van der Waals surface area contributed by atoms with Crippen LogP contribution in [-0.2, 0) is 13.2 Å². The average Bonchev–Trinajstić information content (AvgIpc) is 2.68. The second-order valence-corrected chi connectivity index (χ2v) is 3.56. The molecule has 2 aromatic rings. The number of imidazole rings is 1. The lowest BCUT2D eigenvalue weighted by molar-refractivity contribution is 0.289. The summed E-state index contributed by atoms with van der Waals surface area (Å²) in [7, 11) is 0. The zero-order chi connectivity index (χ0) is 11.4. The Morgan fingerprint density at radius 2 is 2.31 bits per heavy atom. The van der Waals surface area contributed by atoms with Crippen molar-refractivity contribution in [1.29, 1.82) is 0 Å². The van der Waals surface area contributed by atoms with E-state index in [-0.39, 0.29) is 0 Å². The van der Waals surface area contributed by atoms with E-state index in [0.717, 1.165) is 23.8 Å². The summed E-state index contributed by atoms with van der Waals surface area (Å²) >= 11 is 0. The molecule has 2 heterocycles. The van der Waals surface area contributed by atoms with Crippen LogP contribution in [0.3, 0.4) is 0 Å². The van der Waals surface area contributed by atoms with E-state index < -0.39 is 0 Å². The van der Waals surface area contributed by atoms with Gasteiger partial charge in [0, 0.05) is 18.9 Å². The van der Waals surface area contributed by atoms with Crippen molar-refractivity contribution in [3.63, 3.8) is 0 Å². The van der Waals surface area contributed by atoms with Crippen molar-refractivity contribution in [1.82, 2.24) is 14.5 Å². The number of rotatable bonds is 4. The van der Waals surface area contributed by atoms with Gasteiger partial charge in [0.2, 0.25) is 0 Å². The highest BCUT2D eigenvalue weighted by Crippen LogP contribution is 2.10. The molecule has 4 nitrogen and oxygen atoms in total. The SMILES string of the molecule is CCn1cc(C)nc1COc1cccnc1. The van der Waals surface area contributed by atoms with Gasteiger partial charge >= 0.3 is 0 Å². The molecule has 0 saturated heterocycles. The number of aromatic nitrogens is 3. The lowest BCUT2D eigenvalue weighted by Crippen LogP contribution is -2.05. The van der Waals surface area contributed by atoms with Crippen LogP contribution in [0.15, 0.2) is 30.7 Å². The number of pyridine rings is 1. The Morgan fingerprint density at radius 3 is 3.00 bits per heavy atom. The normalized spacial score (nSPS) is 10.4. The van der Waals surface area contributed by atoms with E-state index in [9.17, 15) is 0 Å². The maximum absolute atomic E-state index is 5.60. The summed E-state index contributed by atoms with van der Waals surface area (Å²) in [5.41, 5.74) is 1.02. The highest BCUT2D eigenvalue weighted by molar-refractivity contribution is 5.15. The van der Waals surface area contributed by atoms with Crippen LogP contribution >= 0.6 is 0 Å². The van der Waals surface area contributed by atoms with Crippen LogP contribution in [0.5, 0.6) is 5.75 Å². The maximum atomic E-state index is 5.60. The van der Waals surface area contributed by atoms with Crippen LogP contribution in [0.25, 0.3) is 0 Å². The van der Waals surface area contributed by atoms with Gasteiger partial charge in [0.25, 0.3) is 0 Å². The van der Waals surface area contributed by atoms with Gasteiger partial charge in [0.05, 0.1) is 11.9 Å². The van der Waals surface area contributed by atoms with E-state index in [1.165, 1.54) is 0 Å². The second kappa shape index (κ2) is 4.79. The van der Waals surface area contributed by atoms with Crippen LogP contribution in [-0.4, -0.2) is 14.5 Å². The lowest BCUT2D eigenvalue weighted by atomic mass is 10.5. The molecule has 0 fully saturated rings. The highest BCUT2D eigenvalue weighted by atomic mass is 16.5. The molecule has 0 spiro atoms. The van der Waals surface area contributed by atoms with Crippen molar-refractivity contribution < 1.29 is 4.74 Å². The van der Waals surface area contributed by atoms with Crippen LogP contribution in [0, 0.1) is 6.92 Å². The molecule has 0 N–H and O–H groups in total. The summed E-state index contributed by atoms with van der Waals surface area (Å²) in [6.45, 7) is 5.47. The molecule has 0 aromatic carbocycles. The summed E-state index contributed by atoms with van der Waals surface area (Å²) in [6, 6.07) is 3.74. The molecule has 84 valence electrons. The first-order valence-electron chi connectivity index (χ1n) is 5.35. The van der Waals surface area contributed by atoms with Crippen LogP contribution in [0.2, 0.25) is 0 Å². The first-order chi connectivity index (χ1) is 7.79. The Balaban J connectivity index is 2.04. The van der Waals surface area contributed by atoms with Crippen LogP contribution in [0.1, 0.15) is 18.4 Å². The minimum atomic E-state index is 0.480. The van der Waals surface area contributed by atoms with Gasteiger partial charge in [0.1, 0.15) is 18.2 Å². The summed E-state index contributed by atoms with van der Waals surface area (Å²) in [6.07, 6.45) is 5.46. The van der Waals surface area contributed by atoms with Crippen LogP contribution < -0.4 is 4.74 Å². The molecule has 0 saturated carbocycles. The third-order valence-corrected chi connectivity index (χ3v) is 2.32. The van der Waals surface area contributed by atoms with Gasteiger partial charge in [-0.1, -0.05) is 0 Å². The minimum Gasteiger partial charge on any atom is -0.484 e. The third-order valence-electron chi connectivity index (χ3n) is 2.32. The first kappa shape index (κ1) is 10.7. The Bertz CT molecular complexity index is 451. The highest BCUT2D eigenvalue weighted by Gasteiger charge is 2.04. The molecular weight excluding hydrogens is 202 g/mol.